The van der Waals surface area contributed by atoms with Crippen LogP contribution in [0.1, 0.15) is 19.8 Å². The van der Waals surface area contributed by atoms with Gasteiger partial charge < -0.3 is 14.8 Å². The predicted octanol–water partition coefficient (Wildman–Crippen LogP) is 1.69. The van der Waals surface area contributed by atoms with E-state index in [1.54, 1.807) is 31.2 Å². The number of hydrogen-bond donors (Lipinski definition) is 1. The molecule has 1 fully saturated rings. The van der Waals surface area contributed by atoms with Crippen LogP contribution in [0.2, 0.25) is 0 Å². The van der Waals surface area contributed by atoms with Crippen LogP contribution in [-0.4, -0.2) is 42.8 Å². The Bertz CT molecular complexity index is 734. The summed E-state index contributed by atoms with van der Waals surface area (Å²) in [6.07, 6.45) is -0.0408. The molecule has 0 aromatic heterocycles. The van der Waals surface area contributed by atoms with E-state index in [0.29, 0.717) is 11.4 Å². The maximum atomic E-state index is 12.0. The Morgan fingerprint density at radius 3 is 2.78 bits per heavy atom. The van der Waals surface area contributed by atoms with Crippen molar-refractivity contribution >= 4 is 23.3 Å². The molecule has 3 atom stereocenters. The average Bonchev–Trinajstić information content (AvgIpc) is 2.86. The van der Waals surface area contributed by atoms with Crippen LogP contribution >= 0.6 is 0 Å². The Morgan fingerprint density at radius 2 is 2.11 bits per heavy atom. The summed E-state index contributed by atoms with van der Waals surface area (Å²) in [5.41, 5.74) is 0.487. The molecule has 1 amide bonds. The molecular weight excluding hydrogens is 356 g/mol. The highest BCUT2D eigenvalue weighted by Crippen LogP contribution is 2.36. The van der Waals surface area contributed by atoms with Gasteiger partial charge in [0.25, 0.3) is 5.91 Å². The normalized spacial score (nSPS) is 21.6. The summed E-state index contributed by atoms with van der Waals surface area (Å²) in [5.74, 6) is -2.26. The zero-order valence-electron chi connectivity index (χ0n) is 15.2. The molecule has 27 heavy (non-hydrogen) atoms. The van der Waals surface area contributed by atoms with Crippen LogP contribution in [0.15, 0.2) is 24.3 Å². The second-order valence-corrected chi connectivity index (χ2v) is 6.58. The molecule has 2 rings (SSSR count). The summed E-state index contributed by atoms with van der Waals surface area (Å²) in [5, 5.41) is 13.4. The molecule has 0 bridgehead atoms. The van der Waals surface area contributed by atoms with E-state index in [2.05, 4.69) is 5.32 Å². The Balaban J connectivity index is 1.84. The second-order valence-electron chi connectivity index (χ2n) is 6.58. The van der Waals surface area contributed by atoms with Crippen molar-refractivity contribution in [3.63, 3.8) is 0 Å². The molecule has 0 heterocycles. The van der Waals surface area contributed by atoms with Gasteiger partial charge >= 0.3 is 5.97 Å². The lowest BCUT2D eigenvalue weighted by molar-refractivity contribution is -0.490. The highest BCUT2D eigenvalue weighted by atomic mass is 16.6. The first kappa shape index (κ1) is 20.3. The first-order valence-electron chi connectivity index (χ1n) is 8.54. The van der Waals surface area contributed by atoms with E-state index < -0.39 is 35.2 Å². The minimum atomic E-state index is -0.737. The molecule has 1 saturated carbocycles. The zero-order chi connectivity index (χ0) is 20.0. The number of hydrogen-bond acceptors (Lipinski definition) is 7. The van der Waals surface area contributed by atoms with Gasteiger partial charge in [0.1, 0.15) is 11.5 Å². The number of amides is 1. The van der Waals surface area contributed by atoms with E-state index in [1.165, 1.54) is 7.11 Å². The molecule has 9 heteroatoms. The molecular formula is C18H22N2O7. The molecule has 0 spiro atoms. The van der Waals surface area contributed by atoms with Gasteiger partial charge in [-0.3, -0.25) is 24.5 Å². The number of anilines is 1. The number of esters is 1. The van der Waals surface area contributed by atoms with Crippen molar-refractivity contribution in [2.24, 2.45) is 17.8 Å². The van der Waals surface area contributed by atoms with Gasteiger partial charge in [0.15, 0.2) is 6.61 Å². The van der Waals surface area contributed by atoms with Gasteiger partial charge in [0, 0.05) is 34.9 Å². The molecule has 0 saturated heterocycles. The smallest absolute Gasteiger partial charge is 0.307 e. The number of methoxy groups -OCH3 is 1. The molecule has 1 aromatic carbocycles. The molecule has 1 N–H and O–H groups in total. The van der Waals surface area contributed by atoms with Gasteiger partial charge in [-0.2, -0.15) is 0 Å². The van der Waals surface area contributed by atoms with Crippen molar-refractivity contribution in [1.82, 2.24) is 0 Å². The van der Waals surface area contributed by atoms with Crippen molar-refractivity contribution in [2.75, 3.05) is 25.6 Å². The van der Waals surface area contributed by atoms with Gasteiger partial charge in [-0.05, 0) is 18.1 Å². The van der Waals surface area contributed by atoms with Crippen molar-refractivity contribution < 1.29 is 28.8 Å². The average molecular weight is 378 g/mol. The van der Waals surface area contributed by atoms with E-state index in [1.807, 2.05) is 0 Å². The third-order valence-corrected chi connectivity index (χ3v) is 4.65. The fourth-order valence-corrected chi connectivity index (χ4v) is 3.28. The Kier molecular flexibility index (Phi) is 6.86. The van der Waals surface area contributed by atoms with Gasteiger partial charge in [-0.15, -0.1) is 0 Å². The minimum Gasteiger partial charge on any atom is -0.497 e. The number of nitrogens with one attached hydrogen (secondary N) is 1. The molecule has 0 aliphatic heterocycles. The summed E-state index contributed by atoms with van der Waals surface area (Å²) in [6.45, 7) is 0.895. The first-order valence-corrected chi connectivity index (χ1v) is 8.54. The van der Waals surface area contributed by atoms with E-state index in [9.17, 15) is 24.5 Å². The summed E-state index contributed by atoms with van der Waals surface area (Å²) in [4.78, 5) is 46.2. The third-order valence-electron chi connectivity index (χ3n) is 4.65. The van der Waals surface area contributed by atoms with Crippen LogP contribution in [0.3, 0.4) is 0 Å². The lowest BCUT2D eigenvalue weighted by Crippen LogP contribution is -2.28. The van der Waals surface area contributed by atoms with Crippen LogP contribution in [0.4, 0.5) is 5.69 Å². The number of carbonyl (C=O) groups excluding carboxylic acids is 3. The fourth-order valence-electron chi connectivity index (χ4n) is 3.28. The first-order chi connectivity index (χ1) is 12.8. The lowest BCUT2D eigenvalue weighted by Gasteiger charge is -2.17. The standard InChI is InChI=1S/C18H22N2O7/c1-11-6-16(21)14(15(11)9-20(24)25)8-18(23)27-10-17(22)19-12-4-3-5-13(7-12)26-2/h3-5,7,11,14-15H,6,8-10H2,1-2H3,(H,19,22)/t11-,14-,15+/m0/s1. The van der Waals surface area contributed by atoms with Gasteiger partial charge in [-0.25, -0.2) is 0 Å². The maximum absolute atomic E-state index is 12.0. The van der Waals surface area contributed by atoms with Crippen molar-refractivity contribution in [2.45, 2.75) is 19.8 Å². The SMILES string of the molecule is COc1cccc(NC(=O)COC(=O)C[C@@H]2C(=O)C[C@H](C)[C@H]2C[N+](=O)[O-])c1. The summed E-state index contributed by atoms with van der Waals surface area (Å²) in [7, 11) is 1.50. The Labute approximate surface area is 156 Å². The van der Waals surface area contributed by atoms with E-state index in [0.717, 1.165) is 0 Å². The number of ether oxygens (including phenoxy) is 2. The number of Topliss-reactive ketones (excluding diaryl/α,β-unsaturated/α-hetero) is 1. The lowest BCUT2D eigenvalue weighted by atomic mass is 9.88. The van der Waals surface area contributed by atoms with E-state index >= 15 is 0 Å². The quantitative estimate of drug-likeness (QED) is 0.414. The number of benzene rings is 1. The zero-order valence-corrected chi connectivity index (χ0v) is 15.2. The molecule has 1 aromatic rings. The predicted molar refractivity (Wildman–Crippen MR) is 94.8 cm³/mol. The number of nitrogens with zero attached hydrogens (tertiary/aromatic N) is 1. The van der Waals surface area contributed by atoms with Crippen molar-refractivity contribution in [3.8, 4) is 5.75 Å². The maximum Gasteiger partial charge on any atom is 0.307 e. The van der Waals surface area contributed by atoms with E-state index in [-0.39, 0.29) is 31.1 Å². The van der Waals surface area contributed by atoms with Crippen LogP contribution in [0.5, 0.6) is 5.75 Å². The van der Waals surface area contributed by atoms with Gasteiger partial charge in [-0.1, -0.05) is 13.0 Å². The summed E-state index contributed by atoms with van der Waals surface area (Å²) >= 11 is 0. The number of carbonyl (C=O) groups is 3. The molecule has 1 aliphatic carbocycles. The Morgan fingerprint density at radius 1 is 1.37 bits per heavy atom. The van der Waals surface area contributed by atoms with Crippen molar-refractivity contribution in [3.05, 3.63) is 34.4 Å². The number of ketones is 1. The van der Waals surface area contributed by atoms with Crippen LogP contribution in [0.25, 0.3) is 0 Å². The number of rotatable bonds is 8. The number of nitro groups is 1. The molecule has 146 valence electrons. The van der Waals surface area contributed by atoms with Gasteiger partial charge in [0.05, 0.1) is 13.5 Å². The van der Waals surface area contributed by atoms with E-state index in [4.69, 9.17) is 9.47 Å². The molecule has 9 nitrogen and oxygen atoms in total. The highest BCUT2D eigenvalue weighted by Gasteiger charge is 2.44. The van der Waals surface area contributed by atoms with Crippen molar-refractivity contribution in [1.29, 1.82) is 0 Å². The third kappa shape index (κ3) is 5.77. The fraction of sp³-hybridized carbons (Fsp3) is 0.500. The Hall–Kier alpha value is -2.97. The second kappa shape index (κ2) is 9.11. The van der Waals surface area contributed by atoms with Crippen LogP contribution in [-0.2, 0) is 19.1 Å². The monoisotopic (exact) mass is 378 g/mol. The largest absolute Gasteiger partial charge is 0.497 e. The topological polar surface area (TPSA) is 125 Å². The molecule has 1 aliphatic rings. The van der Waals surface area contributed by atoms with Crippen LogP contribution < -0.4 is 10.1 Å². The highest BCUT2D eigenvalue weighted by molar-refractivity contribution is 5.93. The summed E-state index contributed by atoms with van der Waals surface area (Å²) < 4.78 is 9.98. The van der Waals surface area contributed by atoms with Gasteiger partial charge in [0.2, 0.25) is 6.54 Å². The summed E-state index contributed by atoms with van der Waals surface area (Å²) in [6, 6.07) is 6.68. The molecule has 0 radical (unpaired) electrons. The minimum absolute atomic E-state index is 0.156. The molecule has 0 unspecified atom stereocenters. The van der Waals surface area contributed by atoms with Crippen LogP contribution in [0, 0.1) is 27.9 Å².